The number of hydrogen-bond acceptors (Lipinski definition) is 6. The second kappa shape index (κ2) is 10.3. The fourth-order valence-electron chi connectivity index (χ4n) is 3.41. The summed E-state index contributed by atoms with van der Waals surface area (Å²) in [6.45, 7) is 0. The number of aromatic nitrogens is 1. The number of fused-ring (bicyclic) bond motifs is 1. The molecule has 0 saturated carbocycles. The molecule has 1 aromatic heterocycles. The minimum atomic E-state index is -0.215. The van der Waals surface area contributed by atoms with Crippen molar-refractivity contribution in [2.45, 2.75) is 0 Å². The van der Waals surface area contributed by atoms with Crippen LogP contribution in [0.4, 0.5) is 28.4 Å². The van der Waals surface area contributed by atoms with Crippen molar-refractivity contribution in [1.82, 2.24) is 4.98 Å². The van der Waals surface area contributed by atoms with Gasteiger partial charge in [0.1, 0.15) is 0 Å². The average Bonchev–Trinajstić information content (AvgIpc) is 2.87. The van der Waals surface area contributed by atoms with E-state index < -0.39 is 0 Å². The van der Waals surface area contributed by atoms with Gasteiger partial charge in [-0.25, -0.2) is 4.98 Å². The van der Waals surface area contributed by atoms with E-state index in [4.69, 9.17) is 27.9 Å². The highest BCUT2D eigenvalue weighted by atomic mass is 16.1. The second-order valence-electron chi connectivity index (χ2n) is 7.94. The van der Waals surface area contributed by atoms with E-state index >= 15 is 0 Å². The van der Waals surface area contributed by atoms with Crippen LogP contribution in [0.5, 0.6) is 0 Å². The Hall–Kier alpha value is -5.04. The first-order valence-corrected chi connectivity index (χ1v) is 10.9. The number of amides is 1. The third kappa shape index (κ3) is 5.85. The molecular weight excluding hydrogens is 436 g/mol. The SMILES string of the molecule is Nc1ccc(N)cc1.Nc1ccc(NC(=O)c2cccc3ccc(-c4ccc(N)cc4)nc23)cc1. The van der Waals surface area contributed by atoms with Crippen LogP contribution < -0.4 is 28.3 Å². The van der Waals surface area contributed by atoms with Crippen LogP contribution in [0.2, 0.25) is 0 Å². The maximum absolute atomic E-state index is 12.8. The molecule has 174 valence electrons. The van der Waals surface area contributed by atoms with Crippen molar-refractivity contribution in [3.63, 3.8) is 0 Å². The van der Waals surface area contributed by atoms with Crippen molar-refractivity contribution < 1.29 is 4.79 Å². The van der Waals surface area contributed by atoms with Crippen LogP contribution in [0.15, 0.2) is 103 Å². The molecular formula is C28H26N6O. The van der Waals surface area contributed by atoms with Gasteiger partial charge in [-0.05, 0) is 72.8 Å². The summed E-state index contributed by atoms with van der Waals surface area (Å²) in [5.41, 5.74) is 28.6. The Kier molecular flexibility index (Phi) is 6.78. The lowest BCUT2D eigenvalue weighted by Gasteiger charge is -2.09. The third-order valence-electron chi connectivity index (χ3n) is 5.28. The molecule has 9 N–H and O–H groups in total. The quantitative estimate of drug-likeness (QED) is 0.234. The number of nitrogens with zero attached hydrogens (tertiary/aromatic N) is 1. The Bertz CT molecular complexity index is 1430. The van der Waals surface area contributed by atoms with Gasteiger partial charge in [-0.2, -0.15) is 0 Å². The second-order valence-corrected chi connectivity index (χ2v) is 7.94. The van der Waals surface area contributed by atoms with Gasteiger partial charge >= 0.3 is 0 Å². The first-order chi connectivity index (χ1) is 16.9. The van der Waals surface area contributed by atoms with E-state index in [0.29, 0.717) is 28.1 Å². The Morgan fingerprint density at radius 2 is 1.11 bits per heavy atom. The van der Waals surface area contributed by atoms with Gasteiger partial charge in [0.15, 0.2) is 0 Å². The lowest BCUT2D eigenvalue weighted by atomic mass is 10.1. The van der Waals surface area contributed by atoms with E-state index in [0.717, 1.165) is 28.0 Å². The zero-order valence-corrected chi connectivity index (χ0v) is 19.0. The number of pyridine rings is 1. The number of benzene rings is 4. The van der Waals surface area contributed by atoms with Crippen LogP contribution in [0.25, 0.3) is 22.2 Å². The van der Waals surface area contributed by atoms with Gasteiger partial charge in [0, 0.05) is 39.4 Å². The van der Waals surface area contributed by atoms with Crippen LogP contribution in [0, 0.1) is 0 Å². The number of hydrogen-bond donors (Lipinski definition) is 5. The standard InChI is InChI=1S/C22H18N4O.C6H8N2/c23-16-7-4-14(5-8-16)20-13-6-15-2-1-3-19(21(15)26-20)22(27)25-18-11-9-17(24)10-12-18;7-5-1-2-6(8)4-3-5/h1-13H,23-24H2,(H,25,27);1-4H,7-8H2. The lowest BCUT2D eigenvalue weighted by molar-refractivity contribution is 0.102. The van der Waals surface area contributed by atoms with E-state index in [1.54, 1.807) is 54.6 Å². The summed E-state index contributed by atoms with van der Waals surface area (Å²) < 4.78 is 0. The molecule has 7 nitrogen and oxygen atoms in total. The van der Waals surface area contributed by atoms with Crippen LogP contribution in [0.3, 0.4) is 0 Å². The first kappa shape index (κ1) is 23.1. The average molecular weight is 463 g/mol. The van der Waals surface area contributed by atoms with Gasteiger partial charge in [-0.1, -0.05) is 30.3 Å². The monoisotopic (exact) mass is 462 g/mol. The van der Waals surface area contributed by atoms with Gasteiger partial charge in [0.05, 0.1) is 16.8 Å². The van der Waals surface area contributed by atoms with E-state index in [-0.39, 0.29) is 5.91 Å². The minimum Gasteiger partial charge on any atom is -0.399 e. The molecule has 0 aliphatic rings. The molecule has 0 aliphatic carbocycles. The normalized spacial score (nSPS) is 10.3. The molecule has 0 aliphatic heterocycles. The number of nitrogen functional groups attached to an aromatic ring is 4. The van der Waals surface area contributed by atoms with Crippen LogP contribution in [-0.4, -0.2) is 10.9 Å². The molecule has 0 fully saturated rings. The fourth-order valence-corrected chi connectivity index (χ4v) is 3.41. The number of nitrogens with two attached hydrogens (primary N) is 4. The fraction of sp³-hybridized carbons (Fsp3) is 0. The largest absolute Gasteiger partial charge is 0.399 e. The molecule has 0 spiro atoms. The highest BCUT2D eigenvalue weighted by Gasteiger charge is 2.12. The molecule has 7 heteroatoms. The minimum absolute atomic E-state index is 0.215. The first-order valence-electron chi connectivity index (χ1n) is 10.9. The summed E-state index contributed by atoms with van der Waals surface area (Å²) in [6.07, 6.45) is 0. The molecule has 4 aromatic carbocycles. The molecule has 0 unspecified atom stereocenters. The Balaban J connectivity index is 0.000000308. The zero-order chi connectivity index (χ0) is 24.8. The molecule has 5 aromatic rings. The van der Waals surface area contributed by atoms with Crippen molar-refractivity contribution in [2.75, 3.05) is 28.3 Å². The highest BCUT2D eigenvalue weighted by molar-refractivity contribution is 6.12. The summed E-state index contributed by atoms with van der Waals surface area (Å²) in [5.74, 6) is -0.215. The summed E-state index contributed by atoms with van der Waals surface area (Å²) in [4.78, 5) is 17.5. The maximum Gasteiger partial charge on any atom is 0.257 e. The van der Waals surface area contributed by atoms with E-state index in [9.17, 15) is 4.79 Å². The molecule has 0 atom stereocenters. The number of anilines is 5. The van der Waals surface area contributed by atoms with Gasteiger partial charge < -0.3 is 28.3 Å². The molecule has 0 bridgehead atoms. The number of para-hydroxylation sites is 1. The van der Waals surface area contributed by atoms with Crippen molar-refractivity contribution >= 4 is 45.2 Å². The zero-order valence-electron chi connectivity index (χ0n) is 19.0. The topological polar surface area (TPSA) is 146 Å². The number of carbonyl (C=O) groups excluding carboxylic acids is 1. The van der Waals surface area contributed by atoms with Crippen molar-refractivity contribution in [3.05, 3.63) is 109 Å². The maximum atomic E-state index is 12.8. The number of carbonyl (C=O) groups is 1. The Morgan fingerprint density at radius 3 is 1.69 bits per heavy atom. The molecule has 35 heavy (non-hydrogen) atoms. The van der Waals surface area contributed by atoms with Gasteiger partial charge in [-0.3, -0.25) is 4.79 Å². The Labute approximate surface area is 203 Å². The van der Waals surface area contributed by atoms with E-state index in [2.05, 4.69) is 5.32 Å². The molecule has 1 heterocycles. The van der Waals surface area contributed by atoms with Crippen LogP contribution in [-0.2, 0) is 0 Å². The van der Waals surface area contributed by atoms with Crippen molar-refractivity contribution in [2.24, 2.45) is 0 Å². The predicted molar refractivity (Wildman–Crippen MR) is 146 cm³/mol. The summed E-state index contributed by atoms with van der Waals surface area (Å²) in [7, 11) is 0. The number of nitrogens with one attached hydrogen (secondary N) is 1. The molecule has 1 amide bonds. The summed E-state index contributed by atoms with van der Waals surface area (Å²) in [6, 6.07) is 31.1. The lowest BCUT2D eigenvalue weighted by Crippen LogP contribution is -2.13. The Morgan fingerprint density at radius 1 is 0.600 bits per heavy atom. The van der Waals surface area contributed by atoms with Crippen LogP contribution in [0.1, 0.15) is 10.4 Å². The van der Waals surface area contributed by atoms with Crippen molar-refractivity contribution in [1.29, 1.82) is 0 Å². The highest BCUT2D eigenvalue weighted by Crippen LogP contribution is 2.25. The predicted octanol–water partition coefficient (Wildman–Crippen LogP) is 5.17. The summed E-state index contributed by atoms with van der Waals surface area (Å²) in [5, 5.41) is 3.80. The summed E-state index contributed by atoms with van der Waals surface area (Å²) >= 11 is 0. The smallest absolute Gasteiger partial charge is 0.257 e. The third-order valence-corrected chi connectivity index (χ3v) is 5.28. The van der Waals surface area contributed by atoms with E-state index in [1.165, 1.54) is 0 Å². The molecule has 0 saturated heterocycles. The van der Waals surface area contributed by atoms with Gasteiger partial charge in [0.25, 0.3) is 5.91 Å². The van der Waals surface area contributed by atoms with Gasteiger partial charge in [0.2, 0.25) is 0 Å². The number of rotatable bonds is 3. The molecule has 5 rings (SSSR count). The van der Waals surface area contributed by atoms with Crippen LogP contribution >= 0.6 is 0 Å². The van der Waals surface area contributed by atoms with E-state index in [1.807, 2.05) is 48.5 Å². The van der Waals surface area contributed by atoms with Crippen molar-refractivity contribution in [3.8, 4) is 11.3 Å². The molecule has 0 radical (unpaired) electrons. The van der Waals surface area contributed by atoms with Gasteiger partial charge in [-0.15, -0.1) is 0 Å².